The molecule has 26 heavy (non-hydrogen) atoms. The van der Waals surface area contributed by atoms with Crippen LogP contribution in [0, 0.1) is 5.41 Å². The minimum absolute atomic E-state index is 0.748. The van der Waals surface area contributed by atoms with Crippen molar-refractivity contribution in [3.05, 3.63) is 91.0 Å². The number of carbonyl (C=O) groups excluding carboxylic acids is 1. The van der Waals surface area contributed by atoms with Crippen LogP contribution in [-0.4, -0.2) is 20.8 Å². The number of isocyanates is 1. The summed E-state index contributed by atoms with van der Waals surface area (Å²) in [6.07, 6.45) is 0.750. The summed E-state index contributed by atoms with van der Waals surface area (Å²) in [7, 11) is -2.96. The first-order chi connectivity index (χ1) is 12.5. The van der Waals surface area contributed by atoms with Crippen LogP contribution in [0.4, 0.5) is 0 Å². The summed E-state index contributed by atoms with van der Waals surface area (Å²) < 4.78 is 0. The molecule has 0 aromatic heterocycles. The molecule has 0 bridgehead atoms. The molecule has 0 saturated carbocycles. The Morgan fingerprint density at radius 1 is 0.654 bits per heavy atom. The predicted molar refractivity (Wildman–Crippen MR) is 105 cm³/mol. The molecule has 0 unspecified atom stereocenters. The van der Waals surface area contributed by atoms with Gasteiger partial charge in [0.05, 0.1) is 0 Å². The van der Waals surface area contributed by atoms with E-state index in [9.17, 15) is 14.7 Å². The van der Waals surface area contributed by atoms with Gasteiger partial charge in [-0.25, -0.2) is 10.2 Å². The maximum Gasteiger partial charge on any atom is 0.271 e. The zero-order valence-electron chi connectivity index (χ0n) is 13.8. The SMILES string of the molecule is N=C=O.OP(O)(O)=[SH](c1ccccc1)(c1ccccc1)c1ccccc1. The highest BCUT2D eigenvalue weighted by molar-refractivity contribution is 8.39. The molecule has 0 fully saturated rings. The first kappa shape index (κ1) is 20.0. The van der Waals surface area contributed by atoms with Crippen molar-refractivity contribution >= 4 is 22.0 Å². The third kappa shape index (κ3) is 3.92. The number of nitrogens with one attached hydrogen (secondary N) is 1. The molecule has 0 spiro atoms. The van der Waals surface area contributed by atoms with Crippen LogP contribution in [0.2, 0.25) is 0 Å². The standard InChI is InChI=1S/C18H19O3PS.CHNO/c19-22(20,21)23(16-10-4-1-5-11-16,17-12-6-2-7-13-17)18-14-8-3-9-15-18;2-1-3/h1-15,19-21,23H;2H. The van der Waals surface area contributed by atoms with Gasteiger partial charge in [-0.05, 0) is 51.1 Å². The van der Waals surface area contributed by atoms with E-state index in [0.717, 1.165) is 20.8 Å². The van der Waals surface area contributed by atoms with Gasteiger partial charge in [0.25, 0.3) is 6.72 Å². The third-order valence-electron chi connectivity index (χ3n) is 3.79. The van der Waals surface area contributed by atoms with Crippen LogP contribution in [0.3, 0.4) is 0 Å². The number of benzene rings is 3. The predicted octanol–water partition coefficient (Wildman–Crippen LogP) is 3.61. The van der Waals surface area contributed by atoms with Crippen molar-refractivity contribution in [2.75, 3.05) is 0 Å². The number of hydrogen-bond acceptors (Lipinski definition) is 2. The lowest BCUT2D eigenvalue weighted by molar-refractivity contribution is 0.362. The summed E-state index contributed by atoms with van der Waals surface area (Å²) in [6, 6.07) is 27.9. The van der Waals surface area contributed by atoms with Gasteiger partial charge in [-0.2, -0.15) is 0 Å². The molecule has 4 N–H and O–H groups in total. The summed E-state index contributed by atoms with van der Waals surface area (Å²) in [5, 5.41) is 5.40. The fraction of sp³-hybridized carbons (Fsp3) is 0. The quantitative estimate of drug-likeness (QED) is 0.204. The molecule has 0 heterocycles. The van der Waals surface area contributed by atoms with Gasteiger partial charge in [-0.1, -0.05) is 54.6 Å². The smallest absolute Gasteiger partial charge is 0.271 e. The zero-order chi connectivity index (χ0) is 19.0. The zero-order valence-corrected chi connectivity index (χ0v) is 15.6. The van der Waals surface area contributed by atoms with Gasteiger partial charge in [0.2, 0.25) is 6.08 Å². The number of rotatable bonds is 3. The number of thiol groups is 1. The van der Waals surface area contributed by atoms with E-state index in [1.165, 1.54) is 0 Å². The Labute approximate surface area is 152 Å². The molecule has 0 aliphatic heterocycles. The molecule has 7 heteroatoms. The summed E-state index contributed by atoms with van der Waals surface area (Å²) in [4.78, 5) is 42.3. The average molecular weight is 389 g/mol. The van der Waals surface area contributed by atoms with Gasteiger partial charge < -0.3 is 14.7 Å². The molecule has 5 nitrogen and oxygen atoms in total. The Kier molecular flexibility index (Phi) is 6.83. The van der Waals surface area contributed by atoms with E-state index in [-0.39, 0.29) is 0 Å². The van der Waals surface area contributed by atoms with Crippen molar-refractivity contribution in [2.24, 2.45) is 0 Å². The lowest BCUT2D eigenvalue weighted by atomic mass is 10.4. The molecule has 0 atom stereocenters. The fourth-order valence-corrected chi connectivity index (χ4v) is 10.5. The average Bonchev–Trinajstić information content (AvgIpc) is 2.65. The second-order valence-corrected chi connectivity index (χ2v) is 12.6. The minimum Gasteiger partial charge on any atom is -0.329 e. The van der Waals surface area contributed by atoms with Crippen molar-refractivity contribution in [2.45, 2.75) is 14.7 Å². The maximum atomic E-state index is 10.6. The summed E-state index contributed by atoms with van der Waals surface area (Å²) in [5.41, 5.74) is 0. The highest BCUT2D eigenvalue weighted by Crippen LogP contribution is 2.56. The van der Waals surface area contributed by atoms with Crippen molar-refractivity contribution < 1.29 is 19.5 Å². The van der Waals surface area contributed by atoms with Crippen molar-refractivity contribution in [1.29, 1.82) is 5.41 Å². The van der Waals surface area contributed by atoms with E-state index >= 15 is 0 Å². The van der Waals surface area contributed by atoms with Gasteiger partial charge in [0.15, 0.2) is 0 Å². The monoisotopic (exact) mass is 389 g/mol. The van der Waals surface area contributed by atoms with Crippen molar-refractivity contribution in [3.8, 4) is 0 Å². The third-order valence-corrected chi connectivity index (χ3v) is 12.2. The Balaban J connectivity index is 0.000000758. The Morgan fingerprint density at radius 2 is 0.885 bits per heavy atom. The molecule has 3 aromatic carbocycles. The van der Waals surface area contributed by atoms with Crippen LogP contribution in [-0.2, 0) is 14.0 Å². The highest BCUT2D eigenvalue weighted by Gasteiger charge is 2.31. The topological polar surface area (TPSA) is 102 Å². The lowest BCUT2D eigenvalue weighted by Crippen LogP contribution is -2.16. The second kappa shape index (κ2) is 8.88. The largest absolute Gasteiger partial charge is 0.329 e. The first-order valence-corrected chi connectivity index (χ1v) is 11.8. The fourth-order valence-electron chi connectivity index (χ4n) is 2.84. The van der Waals surface area contributed by atoms with E-state index < -0.39 is 15.9 Å². The Hall–Kier alpha value is -2.30. The highest BCUT2D eigenvalue weighted by atomic mass is 32.6. The molecule has 0 aliphatic carbocycles. The van der Waals surface area contributed by atoms with Gasteiger partial charge >= 0.3 is 0 Å². The molecular weight excluding hydrogens is 369 g/mol. The molecule has 0 aliphatic rings. The van der Waals surface area contributed by atoms with Gasteiger partial charge in [-0.15, -0.1) is 9.21 Å². The molecular formula is C19H20NO4PS. The van der Waals surface area contributed by atoms with Gasteiger partial charge in [0.1, 0.15) is 0 Å². The van der Waals surface area contributed by atoms with Crippen LogP contribution < -0.4 is 0 Å². The van der Waals surface area contributed by atoms with Gasteiger partial charge in [-0.3, -0.25) is 0 Å². The minimum atomic E-state index is -4.21. The molecule has 3 rings (SSSR count). The molecule has 3 aromatic rings. The van der Waals surface area contributed by atoms with E-state index in [2.05, 4.69) is 0 Å². The van der Waals surface area contributed by atoms with Crippen LogP contribution in [0.15, 0.2) is 106 Å². The van der Waals surface area contributed by atoms with Crippen molar-refractivity contribution in [1.82, 2.24) is 0 Å². The molecule has 136 valence electrons. The van der Waals surface area contributed by atoms with Crippen LogP contribution in [0.1, 0.15) is 0 Å². The van der Waals surface area contributed by atoms with Crippen LogP contribution in [0.25, 0.3) is 0 Å². The van der Waals surface area contributed by atoms with Gasteiger partial charge in [0, 0.05) is 0 Å². The van der Waals surface area contributed by atoms with Crippen LogP contribution >= 0.6 is 6.72 Å². The maximum absolute atomic E-state index is 10.6. The van der Waals surface area contributed by atoms with E-state index in [1.54, 1.807) is 0 Å². The van der Waals surface area contributed by atoms with Crippen LogP contribution in [0.5, 0.6) is 0 Å². The van der Waals surface area contributed by atoms with Crippen molar-refractivity contribution in [3.63, 3.8) is 0 Å². The Morgan fingerprint density at radius 3 is 1.08 bits per heavy atom. The first-order valence-electron chi connectivity index (χ1n) is 7.66. The van der Waals surface area contributed by atoms with E-state index in [1.807, 2.05) is 91.0 Å². The second-order valence-electron chi connectivity index (χ2n) is 5.28. The molecule has 0 amide bonds. The summed E-state index contributed by atoms with van der Waals surface area (Å²) >= 11 is 0. The normalized spacial score (nSPS) is 11.7. The molecule has 0 saturated heterocycles. The number of hydrogen-bond donors (Lipinski definition) is 5. The lowest BCUT2D eigenvalue weighted by Gasteiger charge is -2.36. The summed E-state index contributed by atoms with van der Waals surface area (Å²) in [6.45, 7) is -4.21. The Bertz CT molecular complexity index is 839. The molecule has 0 radical (unpaired) electrons. The van der Waals surface area contributed by atoms with E-state index in [0.29, 0.717) is 0 Å². The van der Waals surface area contributed by atoms with E-state index in [4.69, 9.17) is 10.2 Å². The summed E-state index contributed by atoms with van der Waals surface area (Å²) in [5.74, 6) is 0.